The summed E-state index contributed by atoms with van der Waals surface area (Å²) in [6, 6.07) is 6.13. The first-order valence-electron chi connectivity index (χ1n) is 7.53. The van der Waals surface area contributed by atoms with Crippen molar-refractivity contribution in [1.29, 1.82) is 0 Å². The molecule has 0 aliphatic carbocycles. The van der Waals surface area contributed by atoms with Crippen LogP contribution in [0.1, 0.15) is 52.1 Å². The van der Waals surface area contributed by atoms with E-state index in [9.17, 15) is 0 Å². The van der Waals surface area contributed by atoms with Crippen LogP contribution in [0.5, 0.6) is 11.5 Å². The van der Waals surface area contributed by atoms with Gasteiger partial charge in [0.2, 0.25) is 0 Å². The average Bonchev–Trinajstić information content (AvgIpc) is 2.61. The summed E-state index contributed by atoms with van der Waals surface area (Å²) in [5, 5.41) is 0. The van der Waals surface area contributed by atoms with Gasteiger partial charge in [-0.05, 0) is 35.4 Å². The Morgan fingerprint density at radius 1 is 1.15 bits per heavy atom. The highest BCUT2D eigenvalue weighted by molar-refractivity contribution is 5.44. The van der Waals surface area contributed by atoms with E-state index < -0.39 is 0 Å². The molecule has 0 saturated carbocycles. The normalized spacial score (nSPS) is 18.2. The molecule has 2 atom stereocenters. The second-order valence-corrected chi connectivity index (χ2v) is 6.87. The molecular weight excluding hydrogens is 250 g/mol. The molecule has 3 heteroatoms. The summed E-state index contributed by atoms with van der Waals surface area (Å²) in [5.41, 5.74) is 7.78. The Bertz CT molecular complexity index is 451. The van der Waals surface area contributed by atoms with Gasteiger partial charge in [-0.3, -0.25) is 0 Å². The van der Waals surface area contributed by atoms with Crippen molar-refractivity contribution < 1.29 is 9.47 Å². The molecule has 0 radical (unpaired) electrons. The van der Waals surface area contributed by atoms with E-state index in [1.807, 2.05) is 12.1 Å². The number of hydrogen-bond acceptors (Lipinski definition) is 3. The summed E-state index contributed by atoms with van der Waals surface area (Å²) in [6.45, 7) is 10.5. The van der Waals surface area contributed by atoms with Gasteiger partial charge in [0, 0.05) is 12.5 Å². The minimum Gasteiger partial charge on any atom is -0.490 e. The van der Waals surface area contributed by atoms with E-state index in [0.29, 0.717) is 12.5 Å². The van der Waals surface area contributed by atoms with Gasteiger partial charge in [-0.15, -0.1) is 0 Å². The standard InChI is InChI=1S/C17H27NO2/c1-12(17(2,3)4)10-14(18)13-6-7-15-16(11-13)20-9-5-8-19-15/h6-7,11-12,14H,5,8-10,18H2,1-4H3. The van der Waals surface area contributed by atoms with Crippen molar-refractivity contribution >= 4 is 0 Å². The van der Waals surface area contributed by atoms with Crippen molar-refractivity contribution in [2.45, 2.75) is 46.6 Å². The second-order valence-electron chi connectivity index (χ2n) is 6.87. The highest BCUT2D eigenvalue weighted by atomic mass is 16.5. The predicted molar refractivity (Wildman–Crippen MR) is 82.2 cm³/mol. The smallest absolute Gasteiger partial charge is 0.161 e. The Balaban J connectivity index is 2.11. The van der Waals surface area contributed by atoms with Crippen LogP contribution >= 0.6 is 0 Å². The maximum absolute atomic E-state index is 6.37. The van der Waals surface area contributed by atoms with Crippen molar-refractivity contribution in [1.82, 2.24) is 0 Å². The van der Waals surface area contributed by atoms with Gasteiger partial charge in [0.05, 0.1) is 13.2 Å². The zero-order valence-corrected chi connectivity index (χ0v) is 13.1. The molecule has 1 heterocycles. The van der Waals surface area contributed by atoms with Crippen LogP contribution < -0.4 is 15.2 Å². The molecule has 0 bridgehead atoms. The summed E-state index contributed by atoms with van der Waals surface area (Å²) in [7, 11) is 0. The number of fused-ring (bicyclic) bond motifs is 1. The molecule has 0 spiro atoms. The van der Waals surface area contributed by atoms with E-state index in [2.05, 4.69) is 33.8 Å². The zero-order valence-electron chi connectivity index (χ0n) is 13.1. The van der Waals surface area contributed by atoms with Crippen LogP contribution in [0, 0.1) is 11.3 Å². The lowest BCUT2D eigenvalue weighted by atomic mass is 9.78. The van der Waals surface area contributed by atoms with Crippen molar-refractivity contribution in [2.75, 3.05) is 13.2 Å². The zero-order chi connectivity index (χ0) is 14.8. The number of benzene rings is 1. The van der Waals surface area contributed by atoms with Crippen LogP contribution in [0.4, 0.5) is 0 Å². The van der Waals surface area contributed by atoms with E-state index in [1.165, 1.54) is 0 Å². The summed E-state index contributed by atoms with van der Waals surface area (Å²) in [5.74, 6) is 2.23. The molecule has 1 aliphatic heterocycles. The first-order valence-corrected chi connectivity index (χ1v) is 7.53. The number of rotatable bonds is 3. The lowest BCUT2D eigenvalue weighted by Gasteiger charge is -2.29. The summed E-state index contributed by atoms with van der Waals surface area (Å²) >= 11 is 0. The van der Waals surface area contributed by atoms with Gasteiger partial charge in [0.15, 0.2) is 11.5 Å². The Kier molecular flexibility index (Phi) is 4.59. The van der Waals surface area contributed by atoms with Crippen LogP contribution in [-0.4, -0.2) is 13.2 Å². The van der Waals surface area contributed by atoms with E-state index in [1.54, 1.807) is 0 Å². The number of nitrogens with two attached hydrogens (primary N) is 1. The van der Waals surface area contributed by atoms with Gasteiger partial charge in [-0.2, -0.15) is 0 Å². The summed E-state index contributed by atoms with van der Waals surface area (Å²) in [6.07, 6.45) is 1.90. The fraction of sp³-hybridized carbons (Fsp3) is 0.647. The molecule has 2 unspecified atom stereocenters. The van der Waals surface area contributed by atoms with Crippen LogP contribution in [0.15, 0.2) is 18.2 Å². The van der Waals surface area contributed by atoms with E-state index in [4.69, 9.17) is 15.2 Å². The minimum absolute atomic E-state index is 0.0429. The molecule has 1 aromatic rings. The van der Waals surface area contributed by atoms with Gasteiger partial charge in [0.1, 0.15) is 0 Å². The lowest BCUT2D eigenvalue weighted by molar-refractivity contribution is 0.233. The monoisotopic (exact) mass is 277 g/mol. The van der Waals surface area contributed by atoms with Crippen LogP contribution in [0.3, 0.4) is 0 Å². The Hall–Kier alpha value is -1.22. The highest BCUT2D eigenvalue weighted by Crippen LogP contribution is 2.36. The van der Waals surface area contributed by atoms with Crippen molar-refractivity contribution in [3.63, 3.8) is 0 Å². The van der Waals surface area contributed by atoms with Gasteiger partial charge in [-0.25, -0.2) is 0 Å². The Morgan fingerprint density at radius 3 is 2.45 bits per heavy atom. The first kappa shape index (κ1) is 15.2. The molecule has 1 aromatic carbocycles. The molecule has 2 rings (SSSR count). The SMILES string of the molecule is CC(CC(N)c1ccc2c(c1)OCCCO2)C(C)(C)C. The van der Waals surface area contributed by atoms with Crippen molar-refractivity contribution in [3.05, 3.63) is 23.8 Å². The maximum Gasteiger partial charge on any atom is 0.161 e. The fourth-order valence-corrected chi connectivity index (χ4v) is 2.28. The van der Waals surface area contributed by atoms with E-state index in [0.717, 1.165) is 36.5 Å². The third kappa shape index (κ3) is 3.66. The van der Waals surface area contributed by atoms with Crippen LogP contribution in [-0.2, 0) is 0 Å². The quantitative estimate of drug-likeness (QED) is 0.910. The van der Waals surface area contributed by atoms with Crippen molar-refractivity contribution in [2.24, 2.45) is 17.1 Å². The molecule has 0 aromatic heterocycles. The fourth-order valence-electron chi connectivity index (χ4n) is 2.28. The minimum atomic E-state index is 0.0429. The largest absolute Gasteiger partial charge is 0.490 e. The van der Waals surface area contributed by atoms with Crippen LogP contribution in [0.25, 0.3) is 0 Å². The second kappa shape index (κ2) is 6.04. The predicted octanol–water partition coefficient (Wildman–Crippen LogP) is 3.92. The molecule has 20 heavy (non-hydrogen) atoms. The number of hydrogen-bond donors (Lipinski definition) is 1. The maximum atomic E-state index is 6.37. The van der Waals surface area contributed by atoms with E-state index in [-0.39, 0.29) is 11.5 Å². The van der Waals surface area contributed by atoms with Gasteiger partial charge in [-0.1, -0.05) is 33.8 Å². The molecule has 0 amide bonds. The van der Waals surface area contributed by atoms with Gasteiger partial charge < -0.3 is 15.2 Å². The highest BCUT2D eigenvalue weighted by Gasteiger charge is 2.23. The molecule has 1 aliphatic rings. The summed E-state index contributed by atoms with van der Waals surface area (Å²) < 4.78 is 11.4. The third-order valence-electron chi connectivity index (χ3n) is 4.29. The Morgan fingerprint density at radius 2 is 1.80 bits per heavy atom. The summed E-state index contributed by atoms with van der Waals surface area (Å²) in [4.78, 5) is 0. The van der Waals surface area contributed by atoms with Crippen molar-refractivity contribution in [3.8, 4) is 11.5 Å². The molecule has 0 fully saturated rings. The first-order chi connectivity index (χ1) is 9.38. The van der Waals surface area contributed by atoms with Gasteiger partial charge >= 0.3 is 0 Å². The Labute approximate surface area is 122 Å². The lowest BCUT2D eigenvalue weighted by Crippen LogP contribution is -2.23. The molecular formula is C17H27NO2. The average molecular weight is 277 g/mol. The molecule has 112 valence electrons. The topological polar surface area (TPSA) is 44.5 Å². The molecule has 2 N–H and O–H groups in total. The van der Waals surface area contributed by atoms with Crippen LogP contribution in [0.2, 0.25) is 0 Å². The third-order valence-corrected chi connectivity index (χ3v) is 4.29. The van der Waals surface area contributed by atoms with Gasteiger partial charge in [0.25, 0.3) is 0 Å². The van der Waals surface area contributed by atoms with E-state index >= 15 is 0 Å². The molecule has 0 saturated heterocycles. The molecule has 3 nitrogen and oxygen atoms in total. The number of ether oxygens (including phenoxy) is 2.